The molecule has 1 aromatic rings. The van der Waals surface area contributed by atoms with Crippen LogP contribution in [0.5, 0.6) is 0 Å². The van der Waals surface area contributed by atoms with Crippen molar-refractivity contribution in [1.82, 2.24) is 0 Å². The van der Waals surface area contributed by atoms with E-state index in [1.54, 1.807) is 0 Å². The van der Waals surface area contributed by atoms with Gasteiger partial charge in [-0.3, -0.25) is 0 Å². The molecule has 1 atom stereocenters. The molecule has 2 nitrogen and oxygen atoms in total. The number of nitrogens with one attached hydrogen (secondary N) is 1. The minimum Gasteiger partial charge on any atom is -0.385 e. The number of benzene rings is 1. The van der Waals surface area contributed by atoms with Crippen molar-refractivity contribution < 1.29 is 0 Å². The van der Waals surface area contributed by atoms with Crippen molar-refractivity contribution in [3.8, 4) is 0 Å². The minimum absolute atomic E-state index is 0.528. The quantitative estimate of drug-likeness (QED) is 0.751. The Balaban J connectivity index is 2.57. The number of hydrogen-bond acceptors (Lipinski definition) is 2. The summed E-state index contributed by atoms with van der Waals surface area (Å²) in [6.45, 7) is 6.02. The Morgan fingerprint density at radius 2 is 2.07 bits per heavy atom. The van der Waals surface area contributed by atoms with E-state index in [0.29, 0.717) is 5.92 Å². The maximum atomic E-state index is 5.57. The summed E-state index contributed by atoms with van der Waals surface area (Å²) in [5, 5.41) is 3.43. The zero-order valence-electron chi connectivity index (χ0n) is 9.09. The van der Waals surface area contributed by atoms with Crippen molar-refractivity contribution in [3.63, 3.8) is 0 Å². The zero-order valence-corrected chi connectivity index (χ0v) is 9.09. The van der Waals surface area contributed by atoms with Gasteiger partial charge in [0.15, 0.2) is 0 Å². The number of anilines is 1. The number of rotatable bonds is 5. The molecule has 1 aromatic carbocycles. The average molecular weight is 192 g/mol. The average Bonchev–Trinajstić information content (AvgIpc) is 2.26. The predicted octanol–water partition coefficient (Wildman–Crippen LogP) is 2.26. The van der Waals surface area contributed by atoms with Gasteiger partial charge in [0.1, 0.15) is 0 Å². The van der Waals surface area contributed by atoms with Crippen LogP contribution in [-0.2, 0) is 6.42 Å². The number of para-hydroxylation sites is 1. The highest BCUT2D eigenvalue weighted by Crippen LogP contribution is 2.15. The number of aryl methyl sites for hydroxylation is 1. The fraction of sp³-hybridized carbons (Fsp3) is 0.500. The van der Waals surface area contributed by atoms with Gasteiger partial charge in [-0.15, -0.1) is 0 Å². The van der Waals surface area contributed by atoms with E-state index < -0.39 is 0 Å². The van der Waals surface area contributed by atoms with Crippen LogP contribution >= 0.6 is 0 Å². The molecule has 1 rings (SSSR count). The van der Waals surface area contributed by atoms with E-state index in [4.69, 9.17) is 5.73 Å². The Morgan fingerprint density at radius 3 is 2.71 bits per heavy atom. The first-order valence-corrected chi connectivity index (χ1v) is 5.29. The van der Waals surface area contributed by atoms with E-state index in [0.717, 1.165) is 19.5 Å². The van der Waals surface area contributed by atoms with Crippen molar-refractivity contribution in [1.29, 1.82) is 0 Å². The zero-order chi connectivity index (χ0) is 10.4. The molecule has 78 valence electrons. The third-order valence-corrected chi connectivity index (χ3v) is 2.44. The summed E-state index contributed by atoms with van der Waals surface area (Å²) >= 11 is 0. The summed E-state index contributed by atoms with van der Waals surface area (Å²) in [5.41, 5.74) is 8.18. The van der Waals surface area contributed by atoms with E-state index in [1.807, 2.05) is 0 Å². The molecule has 0 aliphatic rings. The largest absolute Gasteiger partial charge is 0.385 e. The van der Waals surface area contributed by atoms with Crippen molar-refractivity contribution in [2.24, 2.45) is 11.7 Å². The van der Waals surface area contributed by atoms with Gasteiger partial charge in [-0.1, -0.05) is 32.0 Å². The van der Waals surface area contributed by atoms with Crippen molar-refractivity contribution in [2.75, 3.05) is 18.4 Å². The summed E-state index contributed by atoms with van der Waals surface area (Å²) in [5.74, 6) is 0.528. The molecular weight excluding hydrogens is 172 g/mol. The monoisotopic (exact) mass is 192 g/mol. The molecule has 0 aromatic heterocycles. The molecule has 14 heavy (non-hydrogen) atoms. The van der Waals surface area contributed by atoms with Crippen LogP contribution in [0.3, 0.4) is 0 Å². The van der Waals surface area contributed by atoms with Gasteiger partial charge in [-0.2, -0.15) is 0 Å². The molecule has 0 bridgehead atoms. The molecule has 0 spiro atoms. The Labute approximate surface area is 86.5 Å². The fourth-order valence-corrected chi connectivity index (χ4v) is 1.37. The normalized spacial score (nSPS) is 12.5. The topological polar surface area (TPSA) is 38.0 Å². The van der Waals surface area contributed by atoms with E-state index in [-0.39, 0.29) is 0 Å². The third kappa shape index (κ3) is 3.04. The van der Waals surface area contributed by atoms with Crippen LogP contribution in [-0.4, -0.2) is 13.1 Å². The highest BCUT2D eigenvalue weighted by Gasteiger charge is 2.01. The van der Waals surface area contributed by atoms with E-state index in [1.165, 1.54) is 11.3 Å². The molecule has 2 heteroatoms. The SMILES string of the molecule is CCc1ccccc1NCC(C)CN. The van der Waals surface area contributed by atoms with Gasteiger partial charge < -0.3 is 11.1 Å². The molecule has 0 radical (unpaired) electrons. The van der Waals surface area contributed by atoms with Gasteiger partial charge in [0.25, 0.3) is 0 Å². The molecule has 1 unspecified atom stereocenters. The van der Waals surface area contributed by atoms with Gasteiger partial charge >= 0.3 is 0 Å². The fourth-order valence-electron chi connectivity index (χ4n) is 1.37. The van der Waals surface area contributed by atoms with Crippen molar-refractivity contribution in [2.45, 2.75) is 20.3 Å². The van der Waals surface area contributed by atoms with Crippen molar-refractivity contribution in [3.05, 3.63) is 29.8 Å². The van der Waals surface area contributed by atoms with Crippen molar-refractivity contribution >= 4 is 5.69 Å². The lowest BCUT2D eigenvalue weighted by Gasteiger charge is -2.13. The smallest absolute Gasteiger partial charge is 0.0372 e. The van der Waals surface area contributed by atoms with Gasteiger partial charge in [-0.05, 0) is 30.5 Å². The summed E-state index contributed by atoms with van der Waals surface area (Å²) in [6.07, 6.45) is 1.07. The van der Waals surface area contributed by atoms with Gasteiger partial charge in [0.2, 0.25) is 0 Å². The van der Waals surface area contributed by atoms with E-state index in [2.05, 4.69) is 43.4 Å². The Hall–Kier alpha value is -1.02. The molecule has 0 saturated carbocycles. The van der Waals surface area contributed by atoms with Crippen LogP contribution in [0.2, 0.25) is 0 Å². The van der Waals surface area contributed by atoms with Crippen LogP contribution < -0.4 is 11.1 Å². The second-order valence-corrected chi connectivity index (χ2v) is 3.73. The Kier molecular flexibility index (Phi) is 4.47. The summed E-state index contributed by atoms with van der Waals surface area (Å²) in [6, 6.07) is 8.43. The lowest BCUT2D eigenvalue weighted by atomic mass is 10.1. The molecular formula is C12H20N2. The van der Waals surface area contributed by atoms with E-state index in [9.17, 15) is 0 Å². The second-order valence-electron chi connectivity index (χ2n) is 3.73. The molecule has 3 N–H and O–H groups in total. The van der Waals surface area contributed by atoms with Crippen LogP contribution in [0.4, 0.5) is 5.69 Å². The Bertz CT molecular complexity index is 271. The summed E-state index contributed by atoms with van der Waals surface area (Å²) < 4.78 is 0. The maximum Gasteiger partial charge on any atom is 0.0372 e. The minimum atomic E-state index is 0.528. The van der Waals surface area contributed by atoms with Crippen LogP contribution in [0, 0.1) is 5.92 Å². The van der Waals surface area contributed by atoms with Gasteiger partial charge in [-0.25, -0.2) is 0 Å². The van der Waals surface area contributed by atoms with Gasteiger partial charge in [0, 0.05) is 12.2 Å². The highest BCUT2D eigenvalue weighted by atomic mass is 14.9. The van der Waals surface area contributed by atoms with Crippen LogP contribution in [0.25, 0.3) is 0 Å². The van der Waals surface area contributed by atoms with Crippen LogP contribution in [0.1, 0.15) is 19.4 Å². The lowest BCUT2D eigenvalue weighted by Crippen LogP contribution is -2.20. The van der Waals surface area contributed by atoms with Gasteiger partial charge in [0.05, 0.1) is 0 Å². The number of hydrogen-bond donors (Lipinski definition) is 2. The molecule has 0 fully saturated rings. The standard InChI is InChI=1S/C12H20N2/c1-3-11-6-4-5-7-12(11)14-9-10(2)8-13/h4-7,10,14H,3,8-9,13H2,1-2H3. The van der Waals surface area contributed by atoms with E-state index >= 15 is 0 Å². The molecule has 0 saturated heterocycles. The highest BCUT2D eigenvalue weighted by molar-refractivity contribution is 5.50. The summed E-state index contributed by atoms with van der Waals surface area (Å²) in [4.78, 5) is 0. The maximum absolute atomic E-state index is 5.57. The molecule has 0 amide bonds. The second kappa shape index (κ2) is 5.66. The molecule has 0 aliphatic carbocycles. The number of nitrogens with two attached hydrogens (primary N) is 1. The Morgan fingerprint density at radius 1 is 1.36 bits per heavy atom. The summed E-state index contributed by atoms with van der Waals surface area (Å²) in [7, 11) is 0. The first-order chi connectivity index (χ1) is 6.77. The first-order valence-electron chi connectivity index (χ1n) is 5.29. The first kappa shape index (κ1) is 11.1. The third-order valence-electron chi connectivity index (χ3n) is 2.44. The predicted molar refractivity (Wildman–Crippen MR) is 62.5 cm³/mol. The molecule has 0 aliphatic heterocycles. The molecule has 0 heterocycles. The van der Waals surface area contributed by atoms with Crippen LogP contribution in [0.15, 0.2) is 24.3 Å². The lowest BCUT2D eigenvalue weighted by molar-refractivity contribution is 0.628.